The zero-order valence-electron chi connectivity index (χ0n) is 27.3. The number of aromatic nitrogens is 2. The first-order chi connectivity index (χ1) is 20.7. The second-order valence-corrected chi connectivity index (χ2v) is 14.1. The molecular formula is C32H60N3O7P. The first-order valence-corrected chi connectivity index (χ1v) is 18.7. The van der Waals surface area contributed by atoms with Gasteiger partial charge in [-0.05, 0) is 32.8 Å². The van der Waals surface area contributed by atoms with Crippen LogP contribution in [-0.4, -0.2) is 58.2 Å². The van der Waals surface area contributed by atoms with Crippen molar-refractivity contribution in [3.8, 4) is 0 Å². The summed E-state index contributed by atoms with van der Waals surface area (Å²) in [6.45, 7) is 8.56. The van der Waals surface area contributed by atoms with Gasteiger partial charge in [-0.1, -0.05) is 104 Å². The predicted octanol–water partition coefficient (Wildman–Crippen LogP) is 7.39. The van der Waals surface area contributed by atoms with Crippen LogP contribution in [0.2, 0.25) is 0 Å². The van der Waals surface area contributed by atoms with E-state index in [-0.39, 0.29) is 24.7 Å². The summed E-state index contributed by atoms with van der Waals surface area (Å²) in [5, 5.41) is 0. The molecular weight excluding hydrogens is 569 g/mol. The standard InChI is InChI=1S/C32H60N3O7P/c1-5-7-9-10-11-12-13-14-15-16-17-18-19-20-23-39-30-29(42-43(37,38)24-8-6-2)27(25-40-26(3)4)41-31(30)35-22-21-28(33)34-32(35)36/h21-22,26-27,29-31H,5-20,23-25H2,1-4H3,(H,37,38)(H2,33,34,36)/t27?,29-,30-,31?/m0/s1. The third-order valence-corrected chi connectivity index (χ3v) is 9.35. The van der Waals surface area contributed by atoms with Crippen LogP contribution in [0.5, 0.6) is 0 Å². The number of hydrogen-bond donors (Lipinski definition) is 2. The van der Waals surface area contributed by atoms with Gasteiger partial charge in [0.15, 0.2) is 6.23 Å². The molecule has 0 aromatic carbocycles. The lowest BCUT2D eigenvalue weighted by Crippen LogP contribution is -2.40. The average molecular weight is 630 g/mol. The Kier molecular flexibility index (Phi) is 18.9. The van der Waals surface area contributed by atoms with Crippen LogP contribution in [0.25, 0.3) is 0 Å². The fraction of sp³-hybridized carbons (Fsp3) is 0.875. The van der Waals surface area contributed by atoms with Gasteiger partial charge in [0.05, 0.1) is 12.7 Å². The molecule has 10 nitrogen and oxygen atoms in total. The van der Waals surface area contributed by atoms with Gasteiger partial charge >= 0.3 is 13.3 Å². The Morgan fingerprint density at radius 3 is 2.02 bits per heavy atom. The number of nitrogens with two attached hydrogens (primary N) is 1. The Morgan fingerprint density at radius 1 is 0.930 bits per heavy atom. The van der Waals surface area contributed by atoms with E-state index < -0.39 is 37.8 Å². The molecule has 0 bridgehead atoms. The van der Waals surface area contributed by atoms with Gasteiger partial charge in [0, 0.05) is 19.0 Å². The molecule has 11 heteroatoms. The summed E-state index contributed by atoms with van der Waals surface area (Å²) >= 11 is 0. The molecule has 1 fully saturated rings. The van der Waals surface area contributed by atoms with Gasteiger partial charge in [0.25, 0.3) is 0 Å². The largest absolute Gasteiger partial charge is 0.383 e. The Hall–Kier alpha value is -1.29. The SMILES string of the molecule is CCCCCCCCCCCCCCCCO[C@@H]1C(n2ccc(N)nc2=O)OC(COC(C)C)[C@@H]1OP(=O)(O)CCCC. The van der Waals surface area contributed by atoms with Crippen molar-refractivity contribution < 1.29 is 28.2 Å². The van der Waals surface area contributed by atoms with Crippen LogP contribution < -0.4 is 11.4 Å². The fourth-order valence-electron chi connectivity index (χ4n) is 5.39. The highest BCUT2D eigenvalue weighted by atomic mass is 31.2. The molecule has 1 saturated heterocycles. The van der Waals surface area contributed by atoms with Crippen LogP contribution in [0.4, 0.5) is 5.82 Å². The second-order valence-electron chi connectivity index (χ2n) is 12.2. The maximum atomic E-state index is 13.0. The lowest BCUT2D eigenvalue weighted by Gasteiger charge is -2.27. The summed E-state index contributed by atoms with van der Waals surface area (Å²) in [6.07, 6.45) is 17.1. The molecule has 1 aromatic heterocycles. The molecule has 2 rings (SSSR count). The molecule has 43 heavy (non-hydrogen) atoms. The zero-order chi connectivity index (χ0) is 31.5. The zero-order valence-corrected chi connectivity index (χ0v) is 28.2. The highest BCUT2D eigenvalue weighted by Gasteiger charge is 2.50. The molecule has 0 radical (unpaired) electrons. The van der Waals surface area contributed by atoms with Crippen molar-refractivity contribution in [1.29, 1.82) is 0 Å². The van der Waals surface area contributed by atoms with Gasteiger partial charge in [0.2, 0.25) is 0 Å². The van der Waals surface area contributed by atoms with Crippen molar-refractivity contribution in [3.63, 3.8) is 0 Å². The molecule has 250 valence electrons. The molecule has 0 saturated carbocycles. The van der Waals surface area contributed by atoms with Crippen molar-refractivity contribution in [3.05, 3.63) is 22.7 Å². The predicted molar refractivity (Wildman–Crippen MR) is 172 cm³/mol. The number of ether oxygens (including phenoxy) is 3. The van der Waals surface area contributed by atoms with Crippen molar-refractivity contribution in [2.75, 3.05) is 25.1 Å². The van der Waals surface area contributed by atoms with Gasteiger partial charge < -0.3 is 24.8 Å². The lowest BCUT2D eigenvalue weighted by molar-refractivity contribution is -0.0847. The highest BCUT2D eigenvalue weighted by Crippen LogP contribution is 2.48. The number of rotatable bonds is 25. The summed E-state index contributed by atoms with van der Waals surface area (Å²) in [5.41, 5.74) is 5.13. The highest BCUT2D eigenvalue weighted by molar-refractivity contribution is 7.52. The maximum Gasteiger partial charge on any atom is 0.351 e. The van der Waals surface area contributed by atoms with E-state index in [2.05, 4.69) is 11.9 Å². The van der Waals surface area contributed by atoms with E-state index in [1.165, 1.54) is 87.5 Å². The van der Waals surface area contributed by atoms with Gasteiger partial charge in [-0.2, -0.15) is 4.98 Å². The number of unbranched alkanes of at least 4 members (excludes halogenated alkanes) is 14. The Labute approximate surface area is 260 Å². The van der Waals surface area contributed by atoms with Crippen molar-refractivity contribution in [2.45, 2.75) is 161 Å². The minimum absolute atomic E-state index is 0.0392. The van der Waals surface area contributed by atoms with E-state index in [0.717, 1.165) is 25.7 Å². The number of nitrogen functional groups attached to an aromatic ring is 1. The molecule has 2 heterocycles. The van der Waals surface area contributed by atoms with Crippen LogP contribution in [0.1, 0.15) is 137 Å². The van der Waals surface area contributed by atoms with Gasteiger partial charge in [-0.15, -0.1) is 0 Å². The molecule has 1 aliphatic rings. The van der Waals surface area contributed by atoms with E-state index >= 15 is 0 Å². The van der Waals surface area contributed by atoms with Crippen LogP contribution in [0, 0.1) is 0 Å². The van der Waals surface area contributed by atoms with Gasteiger partial charge in [0.1, 0.15) is 24.1 Å². The number of nitrogens with zero attached hydrogens (tertiary/aromatic N) is 2. The molecule has 1 aromatic rings. The smallest absolute Gasteiger partial charge is 0.351 e. The second kappa shape index (κ2) is 21.4. The Balaban J connectivity index is 1.92. The average Bonchev–Trinajstić information content (AvgIpc) is 3.28. The first kappa shape index (κ1) is 37.9. The Bertz CT molecular complexity index is 977. The van der Waals surface area contributed by atoms with Crippen molar-refractivity contribution in [1.82, 2.24) is 9.55 Å². The summed E-state index contributed by atoms with van der Waals surface area (Å²) in [6, 6.07) is 1.52. The topological polar surface area (TPSA) is 135 Å². The van der Waals surface area contributed by atoms with Crippen molar-refractivity contribution >= 4 is 13.4 Å². The van der Waals surface area contributed by atoms with E-state index in [0.29, 0.717) is 13.0 Å². The summed E-state index contributed by atoms with van der Waals surface area (Å²) in [5.74, 6) is 0.103. The molecule has 5 atom stereocenters. The van der Waals surface area contributed by atoms with Crippen LogP contribution in [-0.2, 0) is 23.3 Å². The van der Waals surface area contributed by atoms with Crippen molar-refractivity contribution in [2.24, 2.45) is 0 Å². The third kappa shape index (κ3) is 15.0. The molecule has 3 unspecified atom stereocenters. The van der Waals surface area contributed by atoms with E-state index in [4.69, 9.17) is 24.5 Å². The quantitative estimate of drug-likeness (QED) is 0.0838. The minimum Gasteiger partial charge on any atom is -0.383 e. The number of anilines is 1. The van der Waals surface area contributed by atoms with Gasteiger partial charge in [-0.3, -0.25) is 13.7 Å². The Morgan fingerprint density at radius 2 is 1.49 bits per heavy atom. The third-order valence-electron chi connectivity index (χ3n) is 7.89. The molecule has 3 N–H and O–H groups in total. The normalized spacial score (nSPS) is 21.9. The molecule has 1 aliphatic heterocycles. The summed E-state index contributed by atoms with van der Waals surface area (Å²) in [4.78, 5) is 27.2. The fourth-order valence-corrected chi connectivity index (χ4v) is 6.85. The molecule has 0 spiro atoms. The van der Waals surface area contributed by atoms with Crippen LogP contribution in [0.3, 0.4) is 0 Å². The van der Waals surface area contributed by atoms with E-state index in [1.807, 2.05) is 20.8 Å². The first-order valence-electron chi connectivity index (χ1n) is 16.9. The van der Waals surface area contributed by atoms with Crippen LogP contribution in [0.15, 0.2) is 17.1 Å². The van der Waals surface area contributed by atoms with Gasteiger partial charge in [-0.25, -0.2) is 4.79 Å². The number of hydrogen-bond acceptors (Lipinski definition) is 8. The monoisotopic (exact) mass is 629 g/mol. The lowest BCUT2D eigenvalue weighted by atomic mass is 10.0. The molecule has 0 aliphatic carbocycles. The van der Waals surface area contributed by atoms with E-state index in [1.54, 1.807) is 0 Å². The maximum absolute atomic E-state index is 13.0. The van der Waals surface area contributed by atoms with E-state index in [9.17, 15) is 14.3 Å². The summed E-state index contributed by atoms with van der Waals surface area (Å²) in [7, 11) is -3.93. The summed E-state index contributed by atoms with van der Waals surface area (Å²) < 4.78 is 38.6. The molecule has 0 amide bonds. The van der Waals surface area contributed by atoms with Crippen LogP contribution >= 0.6 is 7.60 Å². The minimum atomic E-state index is -3.93.